The third-order valence-corrected chi connectivity index (χ3v) is 2.92. The Bertz CT molecular complexity index is 302. The number of fused-ring (bicyclic) bond motifs is 1. The summed E-state index contributed by atoms with van der Waals surface area (Å²) in [5.41, 5.74) is 10.4. The van der Waals surface area contributed by atoms with Gasteiger partial charge in [0.2, 0.25) is 0 Å². The molecule has 13 heavy (non-hydrogen) atoms. The standard InChI is InChI=1S/C12H17N/c1-9(13)11-8-4-6-10-5-2-3-7-12(10)11/h4,6,8-9H,2-3,5,7,13H2,1H3/t9-/m0/s1. The molecular weight excluding hydrogens is 158 g/mol. The smallest absolute Gasteiger partial charge is 0.0268 e. The Labute approximate surface area is 80.0 Å². The summed E-state index contributed by atoms with van der Waals surface area (Å²) in [4.78, 5) is 0. The minimum Gasteiger partial charge on any atom is -0.324 e. The van der Waals surface area contributed by atoms with Crippen molar-refractivity contribution >= 4 is 0 Å². The zero-order valence-corrected chi connectivity index (χ0v) is 8.22. The van der Waals surface area contributed by atoms with Crippen molar-refractivity contribution in [1.29, 1.82) is 0 Å². The van der Waals surface area contributed by atoms with Crippen LogP contribution >= 0.6 is 0 Å². The number of aryl methyl sites for hydroxylation is 1. The van der Waals surface area contributed by atoms with Gasteiger partial charge in [0.15, 0.2) is 0 Å². The molecule has 1 nitrogen and oxygen atoms in total. The van der Waals surface area contributed by atoms with Crippen molar-refractivity contribution in [2.45, 2.75) is 38.6 Å². The molecule has 0 spiro atoms. The first-order chi connectivity index (χ1) is 6.29. The average Bonchev–Trinajstić information content (AvgIpc) is 2.17. The third-order valence-electron chi connectivity index (χ3n) is 2.92. The molecule has 0 fully saturated rings. The van der Waals surface area contributed by atoms with Crippen LogP contribution in [0.15, 0.2) is 18.2 Å². The molecule has 0 saturated carbocycles. The summed E-state index contributed by atoms with van der Waals surface area (Å²) in [6.07, 6.45) is 5.15. The Balaban J connectivity index is 2.46. The lowest BCUT2D eigenvalue weighted by molar-refractivity contribution is 0.667. The van der Waals surface area contributed by atoms with E-state index in [0.29, 0.717) is 0 Å². The Morgan fingerprint density at radius 2 is 2.00 bits per heavy atom. The van der Waals surface area contributed by atoms with Crippen LogP contribution in [0.5, 0.6) is 0 Å². The van der Waals surface area contributed by atoms with E-state index >= 15 is 0 Å². The molecule has 0 aliphatic heterocycles. The highest BCUT2D eigenvalue weighted by atomic mass is 14.6. The molecule has 1 atom stereocenters. The fourth-order valence-electron chi connectivity index (χ4n) is 2.24. The number of rotatable bonds is 1. The van der Waals surface area contributed by atoms with Crippen LogP contribution in [-0.2, 0) is 12.8 Å². The van der Waals surface area contributed by atoms with E-state index < -0.39 is 0 Å². The SMILES string of the molecule is C[C@H](N)c1cccc2c1CCCC2. The lowest BCUT2D eigenvalue weighted by Gasteiger charge is -2.20. The van der Waals surface area contributed by atoms with Crippen molar-refractivity contribution < 1.29 is 0 Å². The zero-order valence-electron chi connectivity index (χ0n) is 8.22. The van der Waals surface area contributed by atoms with Gasteiger partial charge < -0.3 is 5.73 Å². The lowest BCUT2D eigenvalue weighted by atomic mass is 9.86. The topological polar surface area (TPSA) is 26.0 Å². The molecule has 0 amide bonds. The quantitative estimate of drug-likeness (QED) is 0.697. The maximum Gasteiger partial charge on any atom is 0.0268 e. The van der Waals surface area contributed by atoms with Gasteiger partial charge in [0.1, 0.15) is 0 Å². The Morgan fingerprint density at radius 3 is 2.77 bits per heavy atom. The number of nitrogens with two attached hydrogens (primary N) is 1. The van der Waals surface area contributed by atoms with E-state index in [1.165, 1.54) is 42.4 Å². The van der Waals surface area contributed by atoms with Crippen LogP contribution in [0.25, 0.3) is 0 Å². The first-order valence-electron chi connectivity index (χ1n) is 5.15. The zero-order chi connectivity index (χ0) is 9.26. The minimum absolute atomic E-state index is 0.188. The van der Waals surface area contributed by atoms with Crippen LogP contribution in [0.1, 0.15) is 42.5 Å². The second-order valence-corrected chi connectivity index (χ2v) is 3.98. The van der Waals surface area contributed by atoms with Crippen molar-refractivity contribution in [2.24, 2.45) is 5.73 Å². The van der Waals surface area contributed by atoms with Crippen molar-refractivity contribution in [3.8, 4) is 0 Å². The number of hydrogen-bond donors (Lipinski definition) is 1. The fraction of sp³-hybridized carbons (Fsp3) is 0.500. The summed E-state index contributed by atoms with van der Waals surface area (Å²) in [5, 5.41) is 0. The van der Waals surface area contributed by atoms with Gasteiger partial charge in [0.25, 0.3) is 0 Å². The Hall–Kier alpha value is -0.820. The summed E-state index contributed by atoms with van der Waals surface area (Å²) < 4.78 is 0. The molecule has 1 aliphatic carbocycles. The molecule has 0 radical (unpaired) electrons. The van der Waals surface area contributed by atoms with Gasteiger partial charge in [-0.1, -0.05) is 18.2 Å². The molecule has 0 bridgehead atoms. The van der Waals surface area contributed by atoms with E-state index in [1.807, 2.05) is 0 Å². The van der Waals surface area contributed by atoms with Gasteiger partial charge in [-0.3, -0.25) is 0 Å². The van der Waals surface area contributed by atoms with Gasteiger partial charge >= 0.3 is 0 Å². The molecule has 0 aromatic heterocycles. The largest absolute Gasteiger partial charge is 0.324 e. The summed E-state index contributed by atoms with van der Waals surface area (Å²) >= 11 is 0. The first kappa shape index (κ1) is 8.76. The monoisotopic (exact) mass is 175 g/mol. The van der Waals surface area contributed by atoms with Gasteiger partial charge in [-0.05, 0) is 49.3 Å². The Kier molecular flexibility index (Phi) is 2.36. The maximum atomic E-state index is 5.94. The van der Waals surface area contributed by atoms with E-state index in [4.69, 9.17) is 5.73 Å². The van der Waals surface area contributed by atoms with Crippen molar-refractivity contribution in [2.75, 3.05) is 0 Å². The van der Waals surface area contributed by atoms with Crippen LogP contribution in [0, 0.1) is 0 Å². The van der Waals surface area contributed by atoms with Crippen LogP contribution in [0.2, 0.25) is 0 Å². The van der Waals surface area contributed by atoms with Crippen LogP contribution < -0.4 is 5.73 Å². The molecule has 1 aromatic carbocycles. The second-order valence-electron chi connectivity index (χ2n) is 3.98. The molecule has 70 valence electrons. The second kappa shape index (κ2) is 3.51. The highest BCUT2D eigenvalue weighted by molar-refractivity contribution is 5.38. The van der Waals surface area contributed by atoms with E-state index in [9.17, 15) is 0 Å². The van der Waals surface area contributed by atoms with Gasteiger partial charge in [-0.15, -0.1) is 0 Å². The Morgan fingerprint density at radius 1 is 1.23 bits per heavy atom. The molecule has 0 heterocycles. The van der Waals surface area contributed by atoms with Crippen molar-refractivity contribution in [1.82, 2.24) is 0 Å². The van der Waals surface area contributed by atoms with Crippen molar-refractivity contribution in [3.05, 3.63) is 34.9 Å². The number of benzene rings is 1. The average molecular weight is 175 g/mol. The van der Waals surface area contributed by atoms with Crippen LogP contribution in [0.3, 0.4) is 0 Å². The molecule has 1 heteroatoms. The van der Waals surface area contributed by atoms with E-state index in [0.717, 1.165) is 0 Å². The third kappa shape index (κ3) is 1.61. The molecule has 2 rings (SSSR count). The summed E-state index contributed by atoms with van der Waals surface area (Å²) in [5.74, 6) is 0. The molecule has 0 unspecified atom stereocenters. The lowest BCUT2D eigenvalue weighted by Crippen LogP contribution is -2.12. The highest BCUT2D eigenvalue weighted by Gasteiger charge is 2.14. The number of hydrogen-bond acceptors (Lipinski definition) is 1. The van der Waals surface area contributed by atoms with Gasteiger partial charge in [-0.25, -0.2) is 0 Å². The fourth-order valence-corrected chi connectivity index (χ4v) is 2.24. The predicted octanol–water partition coefficient (Wildman–Crippen LogP) is 2.59. The molecule has 2 N–H and O–H groups in total. The molecule has 1 aliphatic rings. The molecule has 0 saturated heterocycles. The summed E-state index contributed by atoms with van der Waals surface area (Å²) in [7, 11) is 0. The van der Waals surface area contributed by atoms with Crippen LogP contribution in [0.4, 0.5) is 0 Å². The van der Waals surface area contributed by atoms with Gasteiger partial charge in [0, 0.05) is 6.04 Å². The molecule has 1 aromatic rings. The normalized spacial score (nSPS) is 18.0. The first-order valence-corrected chi connectivity index (χ1v) is 5.15. The van der Waals surface area contributed by atoms with Gasteiger partial charge in [-0.2, -0.15) is 0 Å². The van der Waals surface area contributed by atoms with E-state index in [1.54, 1.807) is 0 Å². The van der Waals surface area contributed by atoms with E-state index in [-0.39, 0.29) is 6.04 Å². The maximum absolute atomic E-state index is 5.94. The molecular formula is C12H17N. The van der Waals surface area contributed by atoms with Crippen LogP contribution in [-0.4, -0.2) is 0 Å². The summed E-state index contributed by atoms with van der Waals surface area (Å²) in [6.45, 7) is 2.07. The van der Waals surface area contributed by atoms with Crippen molar-refractivity contribution in [3.63, 3.8) is 0 Å². The summed E-state index contributed by atoms with van der Waals surface area (Å²) in [6, 6.07) is 6.76. The van der Waals surface area contributed by atoms with Gasteiger partial charge in [0.05, 0.1) is 0 Å². The van der Waals surface area contributed by atoms with E-state index in [2.05, 4.69) is 25.1 Å². The minimum atomic E-state index is 0.188. The highest BCUT2D eigenvalue weighted by Crippen LogP contribution is 2.27. The predicted molar refractivity (Wildman–Crippen MR) is 55.7 cm³/mol.